The third-order valence-electron chi connectivity index (χ3n) is 7.99. The quantitative estimate of drug-likeness (QED) is 0.377. The molecule has 6 heterocycles. The van der Waals surface area contributed by atoms with Crippen LogP contribution in [-0.4, -0.2) is 70.5 Å². The summed E-state index contributed by atoms with van der Waals surface area (Å²) >= 11 is 0. The largest absolute Gasteiger partial charge is 0.417 e. The van der Waals surface area contributed by atoms with E-state index in [0.29, 0.717) is 25.6 Å². The van der Waals surface area contributed by atoms with Gasteiger partial charge in [0.1, 0.15) is 23.8 Å². The van der Waals surface area contributed by atoms with Crippen molar-refractivity contribution in [3.63, 3.8) is 0 Å². The molecular weight excluding hydrogens is 509 g/mol. The molecular formula is C27H29F3N8O. The number of halogens is 3. The van der Waals surface area contributed by atoms with Gasteiger partial charge >= 0.3 is 6.18 Å². The Hall–Kier alpha value is -3.67. The average molecular weight is 539 g/mol. The number of hydrogen-bond donors (Lipinski definition) is 0. The Labute approximate surface area is 223 Å². The van der Waals surface area contributed by atoms with E-state index < -0.39 is 11.7 Å². The SMILES string of the molecule is FC(F)(F)c1cccc2ncnc(N3CCCCC3c3cc4nc(N5CCC5)cc(N5CCOCC5)n4n3)c12. The standard InChI is InChI=1S/C27H29F3N8O/c28-27(29,30)18-5-3-6-19-25(18)26(32-17-31-19)37-10-2-1-7-21(37)20-15-23-33-22(35-8-4-9-35)16-24(38(23)34-20)36-11-13-39-14-12-36/h3,5-6,15-17,21H,1-2,4,7-14H2. The second-order valence-corrected chi connectivity index (χ2v) is 10.4. The van der Waals surface area contributed by atoms with Crippen LogP contribution in [0.1, 0.15) is 43.0 Å². The lowest BCUT2D eigenvalue weighted by molar-refractivity contribution is -0.136. The molecule has 0 aliphatic carbocycles. The van der Waals surface area contributed by atoms with Gasteiger partial charge in [0.15, 0.2) is 5.65 Å². The lowest BCUT2D eigenvalue weighted by atomic mass is 9.98. The minimum Gasteiger partial charge on any atom is -0.378 e. The number of benzene rings is 1. The van der Waals surface area contributed by atoms with E-state index in [1.54, 1.807) is 6.07 Å². The van der Waals surface area contributed by atoms with Gasteiger partial charge in [-0.1, -0.05) is 6.07 Å². The van der Waals surface area contributed by atoms with Crippen LogP contribution < -0.4 is 14.7 Å². The third kappa shape index (κ3) is 4.30. The van der Waals surface area contributed by atoms with Gasteiger partial charge in [-0.3, -0.25) is 0 Å². The van der Waals surface area contributed by atoms with E-state index in [4.69, 9.17) is 14.8 Å². The number of fused-ring (bicyclic) bond motifs is 2. The van der Waals surface area contributed by atoms with Gasteiger partial charge in [0.05, 0.1) is 41.4 Å². The van der Waals surface area contributed by atoms with E-state index >= 15 is 0 Å². The molecule has 0 bridgehead atoms. The fourth-order valence-corrected chi connectivity index (χ4v) is 5.89. The average Bonchev–Trinajstić information content (AvgIpc) is 3.35. The molecule has 4 aromatic rings. The third-order valence-corrected chi connectivity index (χ3v) is 7.99. The normalized spacial score (nSPS) is 20.6. The zero-order chi connectivity index (χ0) is 26.6. The smallest absolute Gasteiger partial charge is 0.378 e. The number of ether oxygens (including phenoxy) is 1. The van der Waals surface area contributed by atoms with E-state index in [2.05, 4.69) is 25.8 Å². The van der Waals surface area contributed by atoms with Gasteiger partial charge in [0, 0.05) is 44.9 Å². The minimum atomic E-state index is -4.52. The molecule has 1 unspecified atom stereocenters. The number of aromatic nitrogens is 5. The molecule has 39 heavy (non-hydrogen) atoms. The first kappa shape index (κ1) is 24.4. The van der Waals surface area contributed by atoms with E-state index in [1.165, 1.54) is 12.4 Å². The second-order valence-electron chi connectivity index (χ2n) is 10.4. The topological polar surface area (TPSA) is 74.9 Å². The van der Waals surface area contributed by atoms with Crippen LogP contribution in [-0.2, 0) is 10.9 Å². The summed E-state index contributed by atoms with van der Waals surface area (Å²) in [6, 6.07) is 7.96. The van der Waals surface area contributed by atoms with Crippen molar-refractivity contribution in [3.05, 3.63) is 47.9 Å². The van der Waals surface area contributed by atoms with Gasteiger partial charge in [-0.25, -0.2) is 15.0 Å². The molecule has 3 aliphatic rings. The van der Waals surface area contributed by atoms with Crippen LogP contribution in [0.4, 0.5) is 30.6 Å². The summed E-state index contributed by atoms with van der Waals surface area (Å²) in [5.41, 5.74) is 1.09. The molecule has 0 saturated carbocycles. The Kier molecular flexibility index (Phi) is 5.94. The maximum Gasteiger partial charge on any atom is 0.417 e. The zero-order valence-electron chi connectivity index (χ0n) is 21.4. The van der Waals surface area contributed by atoms with Crippen molar-refractivity contribution in [1.82, 2.24) is 24.6 Å². The highest BCUT2D eigenvalue weighted by Gasteiger charge is 2.36. The van der Waals surface area contributed by atoms with Crippen molar-refractivity contribution in [3.8, 4) is 0 Å². The second kappa shape index (κ2) is 9.51. The Bertz CT molecular complexity index is 1510. The number of rotatable bonds is 4. The summed E-state index contributed by atoms with van der Waals surface area (Å²) in [5.74, 6) is 2.20. The number of alkyl halides is 3. The zero-order valence-corrected chi connectivity index (χ0v) is 21.4. The summed E-state index contributed by atoms with van der Waals surface area (Å²) in [6.07, 6.45) is 0.554. The molecule has 3 aromatic heterocycles. The molecule has 9 nitrogen and oxygen atoms in total. The van der Waals surface area contributed by atoms with Gasteiger partial charge < -0.3 is 19.4 Å². The molecule has 0 spiro atoms. The van der Waals surface area contributed by atoms with Crippen LogP contribution in [0.2, 0.25) is 0 Å². The molecule has 3 saturated heterocycles. The van der Waals surface area contributed by atoms with Crippen LogP contribution in [0.3, 0.4) is 0 Å². The molecule has 12 heteroatoms. The molecule has 3 aliphatic heterocycles. The van der Waals surface area contributed by atoms with Crippen LogP contribution in [0, 0.1) is 0 Å². The summed E-state index contributed by atoms with van der Waals surface area (Å²) in [4.78, 5) is 20.0. The molecule has 3 fully saturated rings. The van der Waals surface area contributed by atoms with E-state index in [1.807, 2.05) is 15.5 Å². The van der Waals surface area contributed by atoms with Crippen molar-refractivity contribution in [1.29, 1.82) is 0 Å². The predicted molar refractivity (Wildman–Crippen MR) is 141 cm³/mol. The highest BCUT2D eigenvalue weighted by atomic mass is 19.4. The van der Waals surface area contributed by atoms with Crippen molar-refractivity contribution in [2.24, 2.45) is 0 Å². The first-order valence-corrected chi connectivity index (χ1v) is 13.5. The monoisotopic (exact) mass is 538 g/mol. The van der Waals surface area contributed by atoms with Gasteiger partial charge in [0.2, 0.25) is 0 Å². The Morgan fingerprint density at radius 2 is 1.74 bits per heavy atom. The molecule has 204 valence electrons. The van der Waals surface area contributed by atoms with Crippen molar-refractivity contribution in [2.45, 2.75) is 37.9 Å². The van der Waals surface area contributed by atoms with Crippen LogP contribution >= 0.6 is 0 Å². The molecule has 1 aromatic carbocycles. The van der Waals surface area contributed by atoms with Crippen LogP contribution in [0.25, 0.3) is 16.6 Å². The van der Waals surface area contributed by atoms with Crippen LogP contribution in [0.15, 0.2) is 36.7 Å². The first-order chi connectivity index (χ1) is 19.0. The maximum atomic E-state index is 14.1. The predicted octanol–water partition coefficient (Wildman–Crippen LogP) is 4.47. The number of anilines is 3. The van der Waals surface area contributed by atoms with Gasteiger partial charge in [-0.15, -0.1) is 0 Å². The molecule has 7 rings (SSSR count). The fourth-order valence-electron chi connectivity index (χ4n) is 5.89. The Morgan fingerprint density at radius 1 is 0.897 bits per heavy atom. The summed E-state index contributed by atoms with van der Waals surface area (Å²) < 4.78 is 49.7. The number of morpholine rings is 1. The van der Waals surface area contributed by atoms with E-state index in [-0.39, 0.29) is 16.9 Å². The van der Waals surface area contributed by atoms with E-state index in [0.717, 1.165) is 80.9 Å². The molecule has 0 radical (unpaired) electrons. The van der Waals surface area contributed by atoms with Gasteiger partial charge in [0.25, 0.3) is 0 Å². The maximum absolute atomic E-state index is 14.1. The number of piperidine rings is 1. The van der Waals surface area contributed by atoms with E-state index in [9.17, 15) is 13.2 Å². The lowest BCUT2D eigenvalue weighted by Gasteiger charge is -2.36. The molecule has 1 atom stereocenters. The highest BCUT2D eigenvalue weighted by Crippen LogP contribution is 2.42. The molecule has 0 amide bonds. The summed E-state index contributed by atoms with van der Waals surface area (Å²) in [7, 11) is 0. The van der Waals surface area contributed by atoms with Gasteiger partial charge in [-0.2, -0.15) is 22.8 Å². The lowest BCUT2D eigenvalue weighted by Crippen LogP contribution is -2.40. The summed E-state index contributed by atoms with van der Waals surface area (Å²) in [5, 5.41) is 5.07. The van der Waals surface area contributed by atoms with Gasteiger partial charge in [-0.05, 0) is 37.8 Å². The fraction of sp³-hybridized carbons (Fsp3) is 0.481. The Morgan fingerprint density at radius 3 is 2.51 bits per heavy atom. The van der Waals surface area contributed by atoms with Crippen LogP contribution in [0.5, 0.6) is 0 Å². The van der Waals surface area contributed by atoms with Crippen molar-refractivity contribution >= 4 is 34.0 Å². The minimum absolute atomic E-state index is 0.0374. The molecule has 0 N–H and O–H groups in total. The van der Waals surface area contributed by atoms with Crippen molar-refractivity contribution < 1.29 is 17.9 Å². The number of nitrogens with zero attached hydrogens (tertiary/aromatic N) is 8. The Balaban J connectivity index is 1.35. The summed E-state index contributed by atoms with van der Waals surface area (Å²) in [6.45, 7) is 5.36. The van der Waals surface area contributed by atoms with Crippen molar-refractivity contribution in [2.75, 3.05) is 60.6 Å². The highest BCUT2D eigenvalue weighted by molar-refractivity contribution is 5.93. The first-order valence-electron chi connectivity index (χ1n) is 13.5. The number of hydrogen-bond acceptors (Lipinski definition) is 8.